The Morgan fingerprint density at radius 3 is 0.926 bits per heavy atom. The Morgan fingerprint density at radius 1 is 0.351 bits per heavy atom. The second-order valence-corrected chi connectivity index (χ2v) is 28.5. The lowest BCUT2D eigenvalue weighted by Crippen LogP contribution is -2.73. The molecule has 8 aromatic carbocycles. The molecule has 2 aliphatic rings. The number of phosphoric acid groups is 4. The van der Waals surface area contributed by atoms with E-state index in [0.29, 0.717) is 50.9 Å². The quantitative estimate of drug-likeness (QED) is 0.0200. The predicted octanol–water partition coefficient (Wildman–Crippen LogP) is 16.7. The summed E-state index contributed by atoms with van der Waals surface area (Å²) in [6.45, 7) is -3.21. The van der Waals surface area contributed by atoms with Crippen molar-refractivity contribution in [2.24, 2.45) is 0 Å². The largest absolute Gasteiger partial charge is 0.475 e. The minimum Gasteiger partial charge on any atom is -0.382 e. The van der Waals surface area contributed by atoms with Crippen LogP contribution in [-0.4, -0.2) is 69.8 Å². The number of methoxy groups -OCH3 is 1. The van der Waals surface area contributed by atoms with E-state index in [-0.39, 0.29) is 85.5 Å². The fraction of sp³-hybridized carbons (Fsp3) is 0.314. The van der Waals surface area contributed by atoms with Crippen LogP contribution in [0.4, 0.5) is 0 Å². The van der Waals surface area contributed by atoms with Gasteiger partial charge in [0.2, 0.25) is 0 Å². The van der Waals surface area contributed by atoms with Crippen LogP contribution < -0.4 is 0 Å². The lowest BCUT2D eigenvalue weighted by molar-refractivity contribution is -0.298. The van der Waals surface area contributed by atoms with Crippen LogP contribution in [0.2, 0.25) is 0 Å². The minimum atomic E-state index is -5.22. The molecule has 0 unspecified atom stereocenters. The number of fused-ring (bicyclic) bond motifs is 1. The van der Waals surface area contributed by atoms with Crippen molar-refractivity contribution in [3.8, 4) is 0 Å². The highest BCUT2D eigenvalue weighted by atomic mass is 31.2. The molecule has 2 fully saturated rings. The number of phosphoric ester groups is 4. The Bertz CT molecular complexity index is 3480. The van der Waals surface area contributed by atoms with Crippen molar-refractivity contribution in [3.63, 3.8) is 0 Å². The van der Waals surface area contributed by atoms with Crippen molar-refractivity contribution in [2.75, 3.05) is 33.7 Å². The Hall–Kier alpha value is -5.96. The van der Waals surface area contributed by atoms with Gasteiger partial charge < -0.3 is 18.9 Å². The number of rotatable bonds is 38. The summed E-state index contributed by atoms with van der Waals surface area (Å²) in [5.41, 5.74) is 2.40. The first kappa shape index (κ1) is 70.8. The molecule has 1 saturated heterocycles. The van der Waals surface area contributed by atoms with Gasteiger partial charge in [-0.3, -0.25) is 54.3 Å². The van der Waals surface area contributed by atoms with E-state index in [2.05, 4.69) is 0 Å². The van der Waals surface area contributed by atoms with Gasteiger partial charge in [-0.25, -0.2) is 18.3 Å². The van der Waals surface area contributed by atoms with Gasteiger partial charge in [-0.2, -0.15) is 0 Å². The molecule has 0 amide bonds. The number of hydrogen-bond acceptors (Lipinski definition) is 20. The predicted molar refractivity (Wildman–Crippen MR) is 350 cm³/mol. The maximum atomic E-state index is 16.6. The van der Waals surface area contributed by atoms with E-state index in [9.17, 15) is 0 Å². The monoisotopic (exact) mass is 1360 g/mol. The highest BCUT2D eigenvalue weighted by Gasteiger charge is 2.69. The van der Waals surface area contributed by atoms with E-state index in [1.54, 1.807) is 194 Å². The molecule has 0 radical (unpaired) electrons. The summed E-state index contributed by atoms with van der Waals surface area (Å²) < 4.78 is 171. The van der Waals surface area contributed by atoms with Crippen molar-refractivity contribution >= 4 is 31.3 Å². The molecule has 20 nitrogen and oxygen atoms in total. The van der Waals surface area contributed by atoms with Gasteiger partial charge in [-0.15, -0.1) is 0 Å². The summed E-state index contributed by atoms with van der Waals surface area (Å²) in [5, 5.41) is 0. The number of hydrogen-bond donors (Lipinski definition) is 0. The maximum Gasteiger partial charge on any atom is 0.475 e. The van der Waals surface area contributed by atoms with Crippen molar-refractivity contribution in [1.29, 1.82) is 0 Å². The number of ether oxygens (including phenoxy) is 4. The first-order chi connectivity index (χ1) is 45.9. The highest BCUT2D eigenvalue weighted by molar-refractivity contribution is 7.49. The summed E-state index contributed by atoms with van der Waals surface area (Å²) in [5.74, 6) is 0. The zero-order chi connectivity index (χ0) is 65.2. The first-order valence-corrected chi connectivity index (χ1v) is 36.7. The molecular formula is C70H78O20P4. The summed E-state index contributed by atoms with van der Waals surface area (Å²) in [6, 6.07) is 71.1. The summed E-state index contributed by atoms with van der Waals surface area (Å²) in [6.07, 6.45) is -9.42. The molecular weight excluding hydrogens is 1280 g/mol. The van der Waals surface area contributed by atoms with Crippen LogP contribution in [0, 0.1) is 0 Å². The Balaban J connectivity index is 1.21. The summed E-state index contributed by atoms with van der Waals surface area (Å²) >= 11 is 0. The molecule has 0 bridgehead atoms. The molecule has 1 saturated carbocycles. The van der Waals surface area contributed by atoms with Crippen molar-refractivity contribution in [1.82, 2.24) is 0 Å². The Kier molecular flexibility index (Phi) is 27.0. The molecule has 0 aromatic heterocycles. The average molecular weight is 1360 g/mol. The molecule has 1 aliphatic carbocycles. The summed E-state index contributed by atoms with van der Waals surface area (Å²) in [7, 11) is -19.1. The average Bonchev–Trinajstić information content (AvgIpc) is 0.987. The topological polar surface area (TPSA) is 216 Å². The van der Waals surface area contributed by atoms with Crippen LogP contribution in [0.5, 0.6) is 0 Å². The van der Waals surface area contributed by atoms with Crippen LogP contribution in [0.15, 0.2) is 243 Å². The molecule has 498 valence electrons. The Labute approximate surface area is 549 Å². The van der Waals surface area contributed by atoms with E-state index in [4.69, 9.17) is 73.2 Å². The third-order valence-electron chi connectivity index (χ3n) is 15.2. The molecule has 1 heterocycles. The van der Waals surface area contributed by atoms with Crippen LogP contribution >= 0.6 is 31.3 Å². The van der Waals surface area contributed by atoms with E-state index in [1.807, 2.05) is 48.5 Å². The van der Waals surface area contributed by atoms with E-state index < -0.39 is 74.2 Å². The van der Waals surface area contributed by atoms with E-state index in [0.717, 1.165) is 0 Å². The van der Waals surface area contributed by atoms with Crippen LogP contribution in [0.1, 0.15) is 63.8 Å². The van der Waals surface area contributed by atoms with Gasteiger partial charge in [-0.1, -0.05) is 243 Å². The standard InChI is InChI=1S/C70H78O20P4/c1-75-46-47-76-56-78-70-44-26-27-45-77-68(70)66(88-92(72,81-50-59-32-14-4-15-33-59)82-51-60-34-16-5-17-35-60)65(87-91(71,79-48-57-28-10-2-11-29-57)80-49-58-30-12-3-13-31-58)67(89-93(73,83-52-61-36-18-6-19-37-61)84-53-62-38-20-7-21-39-62)69(70)90-94(74,85-54-63-40-22-8-23-41-63)86-55-64-42-24-9-25-43-64/h2-25,28-43,65-69H,26-27,44-56H2,1H3/t65-,66-,67+,68-,69-,70+/m0/s1. The van der Waals surface area contributed by atoms with Crippen molar-refractivity contribution < 1.29 is 91.5 Å². The van der Waals surface area contributed by atoms with Gasteiger partial charge in [0.05, 0.1) is 66.1 Å². The van der Waals surface area contributed by atoms with Crippen LogP contribution in [0.3, 0.4) is 0 Å². The maximum absolute atomic E-state index is 16.6. The van der Waals surface area contributed by atoms with E-state index >= 15 is 18.3 Å². The van der Waals surface area contributed by atoms with E-state index in [1.165, 1.54) is 7.11 Å². The molecule has 0 spiro atoms. The Morgan fingerprint density at radius 2 is 0.628 bits per heavy atom. The molecule has 6 atom stereocenters. The minimum absolute atomic E-state index is 0.0144. The van der Waals surface area contributed by atoms with Crippen molar-refractivity contribution in [3.05, 3.63) is 287 Å². The zero-order valence-electron chi connectivity index (χ0n) is 52.0. The lowest BCUT2D eigenvalue weighted by Gasteiger charge is -2.55. The molecule has 8 aromatic rings. The van der Waals surface area contributed by atoms with Gasteiger partial charge in [0.15, 0.2) is 0 Å². The van der Waals surface area contributed by atoms with Crippen LogP contribution in [-0.2, 0) is 144 Å². The van der Waals surface area contributed by atoms with Gasteiger partial charge in [-0.05, 0) is 63.8 Å². The molecule has 1 aliphatic heterocycles. The second kappa shape index (κ2) is 35.9. The third-order valence-corrected chi connectivity index (χ3v) is 20.7. The van der Waals surface area contributed by atoms with Gasteiger partial charge in [0.1, 0.15) is 42.9 Å². The van der Waals surface area contributed by atoms with Gasteiger partial charge in [0.25, 0.3) is 0 Å². The van der Waals surface area contributed by atoms with Crippen LogP contribution in [0.25, 0.3) is 0 Å². The molecule has 10 rings (SSSR count). The number of benzene rings is 8. The SMILES string of the molecule is COCCOCO[C@]12CCCCO[C@H]1[C@@H](OP(=O)(OCc1ccccc1)OCc1ccccc1)[C@H](OP(=O)(OCc1ccccc1)OCc1ccccc1)[C@@H](OP(=O)(OCc1ccccc1)OCc1ccccc1)[C@@H]2OP(=O)(OCc1ccccc1)OCc1ccccc1. The molecule has 24 heteroatoms. The fourth-order valence-corrected chi connectivity index (χ4v) is 15.8. The van der Waals surface area contributed by atoms with Crippen molar-refractivity contribution in [2.45, 2.75) is 108 Å². The highest BCUT2D eigenvalue weighted by Crippen LogP contribution is 2.65. The summed E-state index contributed by atoms with van der Waals surface area (Å²) in [4.78, 5) is 0. The molecule has 94 heavy (non-hydrogen) atoms. The zero-order valence-corrected chi connectivity index (χ0v) is 55.6. The third kappa shape index (κ3) is 21.3. The molecule has 0 N–H and O–H groups in total. The lowest BCUT2D eigenvalue weighted by atomic mass is 9.72. The fourth-order valence-electron chi connectivity index (χ4n) is 10.4. The first-order valence-electron chi connectivity index (χ1n) is 30.8. The second-order valence-electron chi connectivity index (χ2n) is 22.0. The smallest absolute Gasteiger partial charge is 0.382 e. The van der Waals surface area contributed by atoms with Gasteiger partial charge in [0, 0.05) is 13.7 Å². The normalized spacial score (nSPS) is 19.5. The van der Waals surface area contributed by atoms with Gasteiger partial charge >= 0.3 is 31.3 Å².